The zero-order chi connectivity index (χ0) is 15.4. The number of halogens is 1. The first-order valence-corrected chi connectivity index (χ1v) is 7.33. The monoisotopic (exact) mass is 311 g/mol. The fourth-order valence-electron chi connectivity index (χ4n) is 2.49. The fourth-order valence-corrected chi connectivity index (χ4v) is 2.65. The lowest BCUT2D eigenvalue weighted by molar-refractivity contribution is -0.384. The molecule has 1 aliphatic heterocycles. The third-order valence-electron chi connectivity index (χ3n) is 3.72. The van der Waals surface area contributed by atoms with Gasteiger partial charge in [0.25, 0.3) is 5.69 Å². The summed E-state index contributed by atoms with van der Waals surface area (Å²) in [4.78, 5) is 24.4. The van der Waals surface area contributed by atoms with E-state index in [-0.39, 0.29) is 23.8 Å². The highest BCUT2D eigenvalue weighted by Gasteiger charge is 2.21. The molecule has 21 heavy (non-hydrogen) atoms. The average molecular weight is 312 g/mol. The molecule has 1 N–H and O–H groups in total. The van der Waals surface area contributed by atoms with E-state index >= 15 is 0 Å². The molecule has 7 heteroatoms. The van der Waals surface area contributed by atoms with Gasteiger partial charge in [-0.1, -0.05) is 18.0 Å². The number of carbonyl (C=O) groups is 1. The van der Waals surface area contributed by atoms with Crippen molar-refractivity contribution >= 4 is 28.9 Å². The number of nitrogens with one attached hydrogen (secondary N) is 1. The molecule has 1 amide bonds. The van der Waals surface area contributed by atoms with Crippen LogP contribution in [0.15, 0.2) is 18.2 Å². The maximum Gasteiger partial charge on any atom is 0.271 e. The highest BCUT2D eigenvalue weighted by atomic mass is 35.5. The van der Waals surface area contributed by atoms with Crippen LogP contribution in [0.5, 0.6) is 0 Å². The van der Waals surface area contributed by atoms with Gasteiger partial charge in [-0.2, -0.15) is 0 Å². The number of nitrogens with zero attached hydrogens (tertiary/aromatic N) is 2. The number of hydrogen-bond donors (Lipinski definition) is 1. The van der Waals surface area contributed by atoms with Crippen molar-refractivity contribution in [1.82, 2.24) is 4.90 Å². The van der Waals surface area contributed by atoms with Gasteiger partial charge in [-0.15, -0.1) is 0 Å². The largest absolute Gasteiger partial charge is 0.323 e. The molecule has 2 rings (SSSR count). The molecule has 0 saturated carbocycles. The number of carbonyl (C=O) groups excluding carboxylic acids is 1. The SMILES string of the molecule is C[C@H]1CCCCN1CC(=O)Nc1cc([N+](=O)[O-])ccc1Cl. The van der Waals surface area contributed by atoms with Crippen LogP contribution in [0.25, 0.3) is 0 Å². The Hall–Kier alpha value is -1.66. The van der Waals surface area contributed by atoms with Crippen LogP contribution in [0.3, 0.4) is 0 Å². The molecule has 1 atom stereocenters. The van der Waals surface area contributed by atoms with Crippen molar-refractivity contribution in [1.29, 1.82) is 0 Å². The van der Waals surface area contributed by atoms with Gasteiger partial charge in [0.2, 0.25) is 5.91 Å². The van der Waals surface area contributed by atoms with Crippen molar-refractivity contribution < 1.29 is 9.72 Å². The summed E-state index contributed by atoms with van der Waals surface area (Å²) in [5.74, 6) is -0.203. The van der Waals surface area contributed by atoms with Crippen LogP contribution < -0.4 is 5.32 Å². The summed E-state index contributed by atoms with van der Waals surface area (Å²) in [5.41, 5.74) is 0.182. The lowest BCUT2D eigenvalue weighted by Crippen LogP contribution is -2.42. The number of nitro groups is 1. The first-order valence-electron chi connectivity index (χ1n) is 6.95. The van der Waals surface area contributed by atoms with Crippen LogP contribution in [0.1, 0.15) is 26.2 Å². The Bertz CT molecular complexity index is 550. The van der Waals surface area contributed by atoms with Crippen LogP contribution in [-0.2, 0) is 4.79 Å². The number of amides is 1. The molecule has 1 heterocycles. The van der Waals surface area contributed by atoms with Crippen molar-refractivity contribution in [3.63, 3.8) is 0 Å². The Morgan fingerprint density at radius 2 is 2.29 bits per heavy atom. The van der Waals surface area contributed by atoms with E-state index in [1.165, 1.54) is 24.6 Å². The minimum atomic E-state index is -0.515. The lowest BCUT2D eigenvalue weighted by atomic mass is 10.0. The van der Waals surface area contributed by atoms with Gasteiger partial charge in [-0.25, -0.2) is 0 Å². The Morgan fingerprint density at radius 3 is 2.95 bits per heavy atom. The second-order valence-corrected chi connectivity index (χ2v) is 5.69. The molecule has 6 nitrogen and oxygen atoms in total. The van der Waals surface area contributed by atoms with Gasteiger partial charge >= 0.3 is 0 Å². The number of anilines is 1. The molecule has 1 aromatic rings. The number of benzene rings is 1. The normalized spacial score (nSPS) is 19.2. The van der Waals surface area contributed by atoms with Crippen molar-refractivity contribution in [3.05, 3.63) is 33.3 Å². The summed E-state index contributed by atoms with van der Waals surface area (Å²) in [6, 6.07) is 4.38. The molecule has 114 valence electrons. The summed E-state index contributed by atoms with van der Waals surface area (Å²) in [6.07, 6.45) is 3.37. The molecule has 1 saturated heterocycles. The molecule has 1 aromatic carbocycles. The molecule has 1 aliphatic rings. The summed E-state index contributed by atoms with van der Waals surface area (Å²) in [6.45, 7) is 3.28. The summed E-state index contributed by atoms with van der Waals surface area (Å²) in [5, 5.41) is 13.7. The second kappa shape index (κ2) is 6.87. The number of nitro benzene ring substituents is 1. The van der Waals surface area contributed by atoms with Gasteiger partial charge in [-0.3, -0.25) is 19.8 Å². The predicted molar refractivity (Wildman–Crippen MR) is 81.6 cm³/mol. The van der Waals surface area contributed by atoms with Crippen molar-refractivity contribution in [2.24, 2.45) is 0 Å². The van der Waals surface area contributed by atoms with Crippen LogP contribution in [0.2, 0.25) is 5.02 Å². The summed E-state index contributed by atoms with van der Waals surface area (Å²) >= 11 is 5.97. The fraction of sp³-hybridized carbons (Fsp3) is 0.500. The molecule has 0 radical (unpaired) electrons. The Morgan fingerprint density at radius 1 is 1.52 bits per heavy atom. The zero-order valence-corrected chi connectivity index (χ0v) is 12.6. The highest BCUT2D eigenvalue weighted by molar-refractivity contribution is 6.33. The second-order valence-electron chi connectivity index (χ2n) is 5.28. The van der Waals surface area contributed by atoms with Gasteiger partial charge in [-0.05, 0) is 32.4 Å². The minimum Gasteiger partial charge on any atom is -0.323 e. The standard InChI is InChI=1S/C14H18ClN3O3/c1-10-4-2-3-7-17(10)9-14(19)16-13-8-11(18(20)21)5-6-12(13)15/h5-6,8,10H,2-4,7,9H2,1H3,(H,16,19)/t10-/m0/s1. The smallest absolute Gasteiger partial charge is 0.271 e. The predicted octanol–water partition coefficient (Wildman–Crippen LogP) is 3.06. The molecule has 0 bridgehead atoms. The van der Waals surface area contributed by atoms with E-state index in [1.54, 1.807) is 0 Å². The summed E-state index contributed by atoms with van der Waals surface area (Å²) in [7, 11) is 0. The third-order valence-corrected chi connectivity index (χ3v) is 4.05. The zero-order valence-electron chi connectivity index (χ0n) is 11.8. The van der Waals surface area contributed by atoms with Crippen LogP contribution in [0, 0.1) is 10.1 Å². The maximum atomic E-state index is 12.1. The molecule has 1 fully saturated rings. The Kier molecular flexibility index (Phi) is 5.14. The van der Waals surface area contributed by atoms with Crippen molar-refractivity contribution in [2.45, 2.75) is 32.2 Å². The number of likely N-dealkylation sites (tertiary alicyclic amines) is 1. The highest BCUT2D eigenvalue weighted by Crippen LogP contribution is 2.26. The van der Waals surface area contributed by atoms with Crippen LogP contribution in [0.4, 0.5) is 11.4 Å². The quantitative estimate of drug-likeness (QED) is 0.685. The van der Waals surface area contributed by atoms with Crippen LogP contribution >= 0.6 is 11.6 Å². The van der Waals surface area contributed by atoms with Gasteiger partial charge in [0, 0.05) is 18.2 Å². The first-order chi connectivity index (χ1) is 9.97. The lowest BCUT2D eigenvalue weighted by Gasteiger charge is -2.32. The number of hydrogen-bond acceptors (Lipinski definition) is 4. The topological polar surface area (TPSA) is 75.5 Å². The summed E-state index contributed by atoms with van der Waals surface area (Å²) < 4.78 is 0. The molecule has 0 spiro atoms. The molecule has 0 unspecified atom stereocenters. The van der Waals surface area contributed by atoms with Gasteiger partial charge < -0.3 is 5.32 Å². The average Bonchev–Trinajstić information content (AvgIpc) is 2.43. The molecule has 0 aliphatic carbocycles. The molecule has 0 aromatic heterocycles. The maximum absolute atomic E-state index is 12.1. The molecular weight excluding hydrogens is 294 g/mol. The van der Waals surface area contributed by atoms with E-state index in [4.69, 9.17) is 11.6 Å². The Balaban J connectivity index is 2.02. The van der Waals surface area contributed by atoms with Crippen molar-refractivity contribution in [2.75, 3.05) is 18.4 Å². The third kappa shape index (κ3) is 4.15. The minimum absolute atomic E-state index is 0.0963. The van der Waals surface area contributed by atoms with E-state index in [9.17, 15) is 14.9 Å². The van der Waals surface area contributed by atoms with Crippen molar-refractivity contribution in [3.8, 4) is 0 Å². The van der Waals surface area contributed by atoms with Crippen LogP contribution in [-0.4, -0.2) is 34.9 Å². The van der Waals surface area contributed by atoms with E-state index in [2.05, 4.69) is 17.1 Å². The van der Waals surface area contributed by atoms with Gasteiger partial charge in [0.05, 0.1) is 22.2 Å². The van der Waals surface area contributed by atoms with E-state index in [0.29, 0.717) is 11.1 Å². The van der Waals surface area contributed by atoms with Gasteiger partial charge in [0.15, 0.2) is 0 Å². The number of rotatable bonds is 4. The Labute approximate surface area is 128 Å². The molecular formula is C14H18ClN3O3. The van der Waals surface area contributed by atoms with E-state index in [0.717, 1.165) is 19.4 Å². The first kappa shape index (κ1) is 15.7. The number of non-ortho nitro benzene ring substituents is 1. The van der Waals surface area contributed by atoms with Gasteiger partial charge in [0.1, 0.15) is 0 Å². The number of piperidine rings is 1. The van der Waals surface area contributed by atoms with E-state index < -0.39 is 4.92 Å². The van der Waals surface area contributed by atoms with E-state index in [1.807, 2.05) is 0 Å².